The lowest BCUT2D eigenvalue weighted by atomic mass is 10.3. The van der Waals surface area contributed by atoms with Crippen molar-refractivity contribution in [1.29, 1.82) is 0 Å². The van der Waals surface area contributed by atoms with Crippen LogP contribution < -0.4 is 4.57 Å². The van der Waals surface area contributed by atoms with Crippen LogP contribution >= 0.6 is 0 Å². The van der Waals surface area contributed by atoms with Gasteiger partial charge in [0.05, 0.1) is 12.3 Å². The number of rotatable bonds is 4. The highest BCUT2D eigenvalue weighted by molar-refractivity contribution is 7.85. The normalized spacial score (nSPS) is 12.1. The molecule has 1 heterocycles. The van der Waals surface area contributed by atoms with Crippen molar-refractivity contribution < 1.29 is 17.5 Å². The van der Waals surface area contributed by atoms with Crippen LogP contribution in [0.25, 0.3) is 11.0 Å². The van der Waals surface area contributed by atoms with Crippen molar-refractivity contribution >= 4 is 21.2 Å². The van der Waals surface area contributed by atoms with Crippen molar-refractivity contribution in [3.63, 3.8) is 0 Å². The van der Waals surface area contributed by atoms with Gasteiger partial charge in [-0.25, -0.2) is 9.55 Å². The molecule has 0 aliphatic carbocycles. The van der Waals surface area contributed by atoms with Crippen LogP contribution in [0.5, 0.6) is 0 Å². The molecule has 5 nitrogen and oxygen atoms in total. The zero-order valence-electron chi connectivity index (χ0n) is 9.55. The molecule has 0 amide bonds. The SMILES string of the molecule is Cc1[nH]c2ccccc2[n+]1CCCS(=O)(=O)O. The molecular formula is C11H15N2O3S+. The van der Waals surface area contributed by atoms with E-state index in [0.29, 0.717) is 13.0 Å². The van der Waals surface area contributed by atoms with E-state index < -0.39 is 10.1 Å². The summed E-state index contributed by atoms with van der Waals surface area (Å²) in [6.07, 6.45) is 0.395. The van der Waals surface area contributed by atoms with E-state index in [1.807, 2.05) is 35.8 Å². The molecule has 2 rings (SSSR count). The average molecular weight is 255 g/mol. The third-order valence-corrected chi connectivity index (χ3v) is 3.50. The van der Waals surface area contributed by atoms with Crippen molar-refractivity contribution in [2.75, 3.05) is 5.75 Å². The van der Waals surface area contributed by atoms with Crippen LogP contribution in [0.15, 0.2) is 24.3 Å². The molecule has 0 bridgehead atoms. The van der Waals surface area contributed by atoms with Crippen molar-refractivity contribution in [2.45, 2.75) is 19.9 Å². The standard InChI is InChI=1S/C11H14N2O3S/c1-9-12-10-5-2-3-6-11(10)13(9)7-4-8-17(14,15)16/h2-3,5-6H,4,7-8H2,1H3,(H,14,15,16)/p+1. The summed E-state index contributed by atoms with van der Waals surface area (Å²) in [6, 6.07) is 7.84. The summed E-state index contributed by atoms with van der Waals surface area (Å²) in [6.45, 7) is 2.50. The number of imidazole rings is 1. The average Bonchev–Trinajstić information content (AvgIpc) is 2.54. The van der Waals surface area contributed by atoms with Crippen LogP contribution in [-0.4, -0.2) is 23.7 Å². The van der Waals surface area contributed by atoms with Crippen LogP contribution in [-0.2, 0) is 16.7 Å². The highest BCUT2D eigenvalue weighted by Crippen LogP contribution is 2.08. The molecule has 0 fully saturated rings. The van der Waals surface area contributed by atoms with Crippen LogP contribution in [0.2, 0.25) is 0 Å². The Morgan fingerprint density at radius 1 is 1.35 bits per heavy atom. The summed E-state index contributed by atoms with van der Waals surface area (Å²) in [5.41, 5.74) is 2.07. The first kappa shape index (κ1) is 12.1. The molecular weight excluding hydrogens is 240 g/mol. The van der Waals surface area contributed by atoms with Crippen LogP contribution in [0.3, 0.4) is 0 Å². The second kappa shape index (κ2) is 4.46. The molecule has 0 atom stereocenters. The number of hydrogen-bond donors (Lipinski definition) is 2. The zero-order valence-corrected chi connectivity index (χ0v) is 10.4. The number of benzene rings is 1. The minimum Gasteiger partial charge on any atom is -0.286 e. The van der Waals surface area contributed by atoms with Crippen molar-refractivity contribution in [2.24, 2.45) is 0 Å². The van der Waals surface area contributed by atoms with Gasteiger partial charge in [-0.2, -0.15) is 8.42 Å². The largest absolute Gasteiger partial charge is 0.286 e. The number of H-pyrrole nitrogens is 1. The lowest BCUT2D eigenvalue weighted by Crippen LogP contribution is -2.36. The second-order valence-corrected chi connectivity index (χ2v) is 5.59. The van der Waals surface area contributed by atoms with Gasteiger partial charge in [0, 0.05) is 13.3 Å². The first-order valence-electron chi connectivity index (χ1n) is 5.40. The van der Waals surface area contributed by atoms with Gasteiger partial charge in [-0.05, 0) is 12.1 Å². The zero-order chi connectivity index (χ0) is 12.5. The molecule has 6 heteroatoms. The molecule has 0 aliphatic heterocycles. The highest BCUT2D eigenvalue weighted by Gasteiger charge is 2.14. The topological polar surface area (TPSA) is 74.0 Å². The summed E-state index contributed by atoms with van der Waals surface area (Å²) in [4.78, 5) is 3.23. The Balaban J connectivity index is 2.21. The third kappa shape index (κ3) is 2.83. The van der Waals surface area contributed by atoms with E-state index in [4.69, 9.17) is 4.55 Å². The monoisotopic (exact) mass is 255 g/mol. The highest BCUT2D eigenvalue weighted by atomic mass is 32.2. The number of fused-ring (bicyclic) bond motifs is 1. The van der Waals surface area contributed by atoms with E-state index in [9.17, 15) is 8.42 Å². The minimum atomic E-state index is -3.87. The fraction of sp³-hybridized carbons (Fsp3) is 0.364. The molecule has 0 radical (unpaired) electrons. The van der Waals surface area contributed by atoms with Crippen molar-refractivity contribution in [3.8, 4) is 0 Å². The molecule has 0 aliphatic rings. The first-order valence-corrected chi connectivity index (χ1v) is 7.00. The van der Waals surface area contributed by atoms with E-state index in [1.54, 1.807) is 0 Å². The molecule has 0 saturated carbocycles. The van der Waals surface area contributed by atoms with Gasteiger partial charge in [-0.3, -0.25) is 4.55 Å². The Labute approximate surface area is 99.8 Å². The lowest BCUT2D eigenvalue weighted by molar-refractivity contribution is -0.677. The lowest BCUT2D eigenvalue weighted by Gasteiger charge is -1.98. The molecule has 0 spiro atoms. The van der Waals surface area contributed by atoms with Gasteiger partial charge in [-0.1, -0.05) is 12.1 Å². The number of para-hydroxylation sites is 2. The van der Waals surface area contributed by atoms with E-state index in [0.717, 1.165) is 16.9 Å². The van der Waals surface area contributed by atoms with E-state index in [1.165, 1.54) is 0 Å². The van der Waals surface area contributed by atoms with Crippen molar-refractivity contribution in [3.05, 3.63) is 30.1 Å². The number of nitrogens with zero attached hydrogens (tertiary/aromatic N) is 1. The minimum absolute atomic E-state index is 0.209. The Morgan fingerprint density at radius 3 is 2.76 bits per heavy atom. The Kier molecular flexibility index (Phi) is 3.17. The van der Waals surface area contributed by atoms with E-state index >= 15 is 0 Å². The predicted molar refractivity (Wildman–Crippen MR) is 64.3 cm³/mol. The summed E-state index contributed by atoms with van der Waals surface area (Å²) in [7, 11) is -3.87. The quantitative estimate of drug-likeness (QED) is 0.633. The van der Waals surface area contributed by atoms with Gasteiger partial charge in [0.25, 0.3) is 15.9 Å². The van der Waals surface area contributed by atoms with Crippen LogP contribution in [0.1, 0.15) is 12.2 Å². The predicted octanol–water partition coefficient (Wildman–Crippen LogP) is 1.04. The Morgan fingerprint density at radius 2 is 2.06 bits per heavy atom. The molecule has 2 aromatic rings. The van der Waals surface area contributed by atoms with E-state index in [-0.39, 0.29) is 5.75 Å². The Bertz CT molecular complexity index is 631. The number of nitrogens with one attached hydrogen (secondary N) is 1. The number of aryl methyl sites for hydroxylation is 2. The van der Waals surface area contributed by atoms with Gasteiger partial charge in [-0.15, -0.1) is 0 Å². The molecule has 92 valence electrons. The maximum atomic E-state index is 10.6. The molecule has 2 N–H and O–H groups in total. The molecule has 0 saturated heterocycles. The molecule has 1 aromatic carbocycles. The molecule has 17 heavy (non-hydrogen) atoms. The Hall–Kier alpha value is -1.40. The maximum Gasteiger partial charge on any atom is 0.265 e. The molecule has 0 unspecified atom stereocenters. The van der Waals surface area contributed by atoms with Crippen molar-refractivity contribution in [1.82, 2.24) is 4.98 Å². The smallest absolute Gasteiger partial charge is 0.265 e. The summed E-state index contributed by atoms with van der Waals surface area (Å²) in [5, 5.41) is 0. The van der Waals surface area contributed by atoms with Crippen LogP contribution in [0.4, 0.5) is 0 Å². The molecule has 1 aromatic heterocycles. The fourth-order valence-corrected chi connectivity index (χ4v) is 2.44. The summed E-state index contributed by atoms with van der Waals surface area (Å²) < 4.78 is 32.0. The third-order valence-electron chi connectivity index (χ3n) is 2.70. The van der Waals surface area contributed by atoms with Gasteiger partial charge >= 0.3 is 0 Å². The van der Waals surface area contributed by atoms with Gasteiger partial charge in [0.2, 0.25) is 0 Å². The van der Waals surface area contributed by atoms with Gasteiger partial charge in [0.1, 0.15) is 0 Å². The number of aromatic nitrogens is 2. The van der Waals surface area contributed by atoms with Gasteiger partial charge in [0.15, 0.2) is 11.0 Å². The number of aromatic amines is 1. The second-order valence-electron chi connectivity index (χ2n) is 4.02. The van der Waals surface area contributed by atoms with Gasteiger partial charge < -0.3 is 0 Å². The summed E-state index contributed by atoms with van der Waals surface area (Å²) >= 11 is 0. The van der Waals surface area contributed by atoms with Crippen LogP contribution in [0, 0.1) is 6.92 Å². The number of hydrogen-bond acceptors (Lipinski definition) is 2. The maximum absolute atomic E-state index is 10.6. The van der Waals surface area contributed by atoms with E-state index in [2.05, 4.69) is 4.98 Å². The summed E-state index contributed by atoms with van der Waals surface area (Å²) in [5.74, 6) is 0.764. The fourth-order valence-electron chi connectivity index (χ4n) is 1.95. The first-order chi connectivity index (χ1) is 7.97.